The molecule has 2 fully saturated rings. The van der Waals surface area contributed by atoms with Crippen molar-refractivity contribution in [2.24, 2.45) is 5.92 Å². The molecule has 18 heavy (non-hydrogen) atoms. The van der Waals surface area contributed by atoms with Crippen molar-refractivity contribution >= 4 is 6.09 Å². The highest BCUT2D eigenvalue weighted by atomic mass is 16.6. The first-order valence-electron chi connectivity index (χ1n) is 6.56. The standard InChI is InChI=1S/C13H23NO4/c1-12(2,3)18-11(16)14-5-4-13(9-14)6-10(7-15)8-17-13/h10,15H,4-9H2,1-3H3. The maximum atomic E-state index is 12.0. The largest absolute Gasteiger partial charge is 0.444 e. The topological polar surface area (TPSA) is 59.0 Å². The average Bonchev–Trinajstić information content (AvgIpc) is 2.84. The van der Waals surface area contributed by atoms with E-state index < -0.39 is 5.60 Å². The van der Waals surface area contributed by atoms with Crippen LogP contribution in [0.2, 0.25) is 0 Å². The molecule has 1 spiro atoms. The smallest absolute Gasteiger partial charge is 0.410 e. The van der Waals surface area contributed by atoms with E-state index in [1.165, 1.54) is 0 Å². The van der Waals surface area contributed by atoms with Gasteiger partial charge >= 0.3 is 6.09 Å². The van der Waals surface area contributed by atoms with Crippen LogP contribution in [0.5, 0.6) is 0 Å². The molecule has 2 unspecified atom stereocenters. The Hall–Kier alpha value is -0.810. The Morgan fingerprint density at radius 1 is 1.56 bits per heavy atom. The quantitative estimate of drug-likeness (QED) is 0.771. The van der Waals surface area contributed by atoms with Gasteiger partial charge in [-0.3, -0.25) is 0 Å². The number of carbonyl (C=O) groups is 1. The minimum absolute atomic E-state index is 0.161. The lowest BCUT2D eigenvalue weighted by molar-refractivity contribution is -0.000272. The van der Waals surface area contributed by atoms with Gasteiger partial charge in [0, 0.05) is 19.1 Å². The second-order valence-electron chi connectivity index (χ2n) is 6.40. The monoisotopic (exact) mass is 257 g/mol. The van der Waals surface area contributed by atoms with Gasteiger partial charge in [-0.15, -0.1) is 0 Å². The van der Waals surface area contributed by atoms with Crippen molar-refractivity contribution in [3.8, 4) is 0 Å². The average molecular weight is 257 g/mol. The van der Waals surface area contributed by atoms with E-state index in [2.05, 4.69) is 0 Å². The van der Waals surface area contributed by atoms with Gasteiger partial charge in [0.1, 0.15) is 5.60 Å². The van der Waals surface area contributed by atoms with Crippen LogP contribution in [0.4, 0.5) is 4.79 Å². The van der Waals surface area contributed by atoms with Crippen molar-refractivity contribution in [1.29, 1.82) is 0 Å². The molecular weight excluding hydrogens is 234 g/mol. The minimum Gasteiger partial charge on any atom is -0.444 e. The predicted molar refractivity (Wildman–Crippen MR) is 66.3 cm³/mol. The van der Waals surface area contributed by atoms with E-state index in [-0.39, 0.29) is 24.2 Å². The first-order valence-corrected chi connectivity index (χ1v) is 6.56. The highest BCUT2D eigenvalue weighted by Gasteiger charge is 2.47. The summed E-state index contributed by atoms with van der Waals surface area (Å²) >= 11 is 0. The van der Waals surface area contributed by atoms with Crippen LogP contribution in [0, 0.1) is 5.92 Å². The van der Waals surface area contributed by atoms with E-state index in [9.17, 15) is 4.79 Å². The molecule has 2 rings (SSSR count). The fourth-order valence-corrected chi connectivity index (χ4v) is 2.67. The van der Waals surface area contributed by atoms with Crippen molar-refractivity contribution in [3.63, 3.8) is 0 Å². The van der Waals surface area contributed by atoms with Crippen molar-refractivity contribution in [3.05, 3.63) is 0 Å². The predicted octanol–water partition coefficient (Wildman–Crippen LogP) is 1.39. The van der Waals surface area contributed by atoms with Gasteiger partial charge in [-0.1, -0.05) is 0 Å². The Bertz CT molecular complexity index is 325. The fraction of sp³-hybridized carbons (Fsp3) is 0.923. The number of hydrogen-bond donors (Lipinski definition) is 1. The molecular formula is C13H23NO4. The molecule has 2 atom stereocenters. The maximum absolute atomic E-state index is 12.0. The number of rotatable bonds is 1. The van der Waals surface area contributed by atoms with E-state index in [1.54, 1.807) is 4.90 Å². The highest BCUT2D eigenvalue weighted by Crippen LogP contribution is 2.38. The Morgan fingerprint density at radius 3 is 2.83 bits per heavy atom. The lowest BCUT2D eigenvalue weighted by Gasteiger charge is -2.26. The molecule has 2 saturated heterocycles. The van der Waals surface area contributed by atoms with Gasteiger partial charge in [0.2, 0.25) is 0 Å². The third-order valence-electron chi connectivity index (χ3n) is 3.51. The molecule has 104 valence electrons. The Balaban J connectivity index is 1.91. The highest BCUT2D eigenvalue weighted by molar-refractivity contribution is 5.68. The molecule has 2 aliphatic rings. The van der Waals surface area contributed by atoms with Crippen molar-refractivity contribution in [2.45, 2.75) is 44.8 Å². The minimum atomic E-state index is -0.461. The lowest BCUT2D eigenvalue weighted by atomic mass is 9.94. The zero-order chi connectivity index (χ0) is 13.4. The van der Waals surface area contributed by atoms with Gasteiger partial charge < -0.3 is 19.5 Å². The van der Waals surface area contributed by atoms with Crippen LogP contribution < -0.4 is 0 Å². The van der Waals surface area contributed by atoms with E-state index in [4.69, 9.17) is 14.6 Å². The molecule has 0 aromatic carbocycles. The number of nitrogens with zero attached hydrogens (tertiary/aromatic N) is 1. The lowest BCUT2D eigenvalue weighted by Crippen LogP contribution is -2.39. The maximum Gasteiger partial charge on any atom is 0.410 e. The number of aliphatic hydroxyl groups excluding tert-OH is 1. The normalized spacial score (nSPS) is 32.2. The molecule has 5 nitrogen and oxygen atoms in total. The van der Waals surface area contributed by atoms with Gasteiger partial charge in [0.25, 0.3) is 0 Å². The van der Waals surface area contributed by atoms with Crippen LogP contribution in [0.1, 0.15) is 33.6 Å². The Labute approximate surface area is 108 Å². The molecule has 0 radical (unpaired) electrons. The number of hydrogen-bond acceptors (Lipinski definition) is 4. The van der Waals surface area contributed by atoms with Gasteiger partial charge in [-0.2, -0.15) is 0 Å². The SMILES string of the molecule is CC(C)(C)OC(=O)N1CCC2(CC(CO)CO2)C1. The van der Waals surface area contributed by atoms with Crippen molar-refractivity contribution in [2.75, 3.05) is 26.3 Å². The number of likely N-dealkylation sites (tertiary alicyclic amines) is 1. The van der Waals surface area contributed by atoms with E-state index in [1.807, 2.05) is 20.8 Å². The summed E-state index contributed by atoms with van der Waals surface area (Å²) in [4.78, 5) is 13.7. The zero-order valence-corrected chi connectivity index (χ0v) is 11.4. The molecule has 2 aliphatic heterocycles. The molecule has 0 bridgehead atoms. The van der Waals surface area contributed by atoms with Gasteiger partial charge in [0.15, 0.2) is 0 Å². The molecule has 0 aromatic heterocycles. The van der Waals surface area contributed by atoms with Crippen molar-refractivity contribution in [1.82, 2.24) is 4.90 Å². The summed E-state index contributed by atoms with van der Waals surface area (Å²) in [6.07, 6.45) is 1.40. The van der Waals surface area contributed by atoms with Gasteiger partial charge in [0.05, 0.1) is 18.8 Å². The molecule has 2 heterocycles. The van der Waals surface area contributed by atoms with E-state index in [0.717, 1.165) is 12.8 Å². The number of ether oxygens (including phenoxy) is 2. The molecule has 0 aliphatic carbocycles. The third-order valence-corrected chi connectivity index (χ3v) is 3.51. The third kappa shape index (κ3) is 2.95. The molecule has 5 heteroatoms. The first-order chi connectivity index (χ1) is 8.34. The fourth-order valence-electron chi connectivity index (χ4n) is 2.67. The molecule has 1 N–H and O–H groups in total. The summed E-state index contributed by atoms with van der Waals surface area (Å²) < 4.78 is 11.2. The summed E-state index contributed by atoms with van der Waals surface area (Å²) in [6.45, 7) is 7.61. The van der Waals surface area contributed by atoms with Gasteiger partial charge in [-0.25, -0.2) is 4.79 Å². The summed E-state index contributed by atoms with van der Waals surface area (Å²) in [5.41, 5.74) is -0.707. The van der Waals surface area contributed by atoms with Gasteiger partial charge in [-0.05, 0) is 33.6 Å². The van der Waals surface area contributed by atoms with Crippen LogP contribution in [-0.4, -0.2) is 53.6 Å². The summed E-state index contributed by atoms with van der Waals surface area (Å²) in [5.74, 6) is 0.212. The first kappa shape index (κ1) is 13.6. The second-order valence-corrected chi connectivity index (χ2v) is 6.40. The van der Waals surface area contributed by atoms with Crippen LogP contribution in [0.15, 0.2) is 0 Å². The summed E-state index contributed by atoms with van der Waals surface area (Å²) in [5, 5.41) is 9.15. The number of amides is 1. The van der Waals surface area contributed by atoms with Crippen LogP contribution >= 0.6 is 0 Å². The van der Waals surface area contributed by atoms with E-state index in [0.29, 0.717) is 19.7 Å². The summed E-state index contributed by atoms with van der Waals surface area (Å²) in [7, 11) is 0. The molecule has 0 aromatic rings. The van der Waals surface area contributed by atoms with Crippen LogP contribution in [0.3, 0.4) is 0 Å². The second kappa shape index (κ2) is 4.70. The zero-order valence-electron chi connectivity index (χ0n) is 11.4. The number of aliphatic hydroxyl groups is 1. The Morgan fingerprint density at radius 2 is 2.28 bits per heavy atom. The van der Waals surface area contributed by atoms with Crippen LogP contribution in [-0.2, 0) is 9.47 Å². The molecule has 1 amide bonds. The van der Waals surface area contributed by atoms with E-state index >= 15 is 0 Å². The van der Waals surface area contributed by atoms with Crippen molar-refractivity contribution < 1.29 is 19.4 Å². The number of carbonyl (C=O) groups excluding carboxylic acids is 1. The Kier molecular flexibility index (Phi) is 3.56. The molecule has 0 saturated carbocycles. The summed E-state index contributed by atoms with van der Waals surface area (Å²) in [6, 6.07) is 0. The van der Waals surface area contributed by atoms with Crippen LogP contribution in [0.25, 0.3) is 0 Å².